The summed E-state index contributed by atoms with van der Waals surface area (Å²) < 4.78 is 5.15. The first-order valence-corrected chi connectivity index (χ1v) is 6.51. The van der Waals surface area contributed by atoms with Crippen molar-refractivity contribution in [3.8, 4) is 11.7 Å². The number of thioether (sulfide) groups is 1. The van der Waals surface area contributed by atoms with Gasteiger partial charge >= 0.3 is 0 Å². The van der Waals surface area contributed by atoms with Crippen LogP contribution in [0.3, 0.4) is 0 Å². The Kier molecular flexibility index (Phi) is 2.71. The van der Waals surface area contributed by atoms with Crippen LogP contribution in [0.25, 0.3) is 11.7 Å². The predicted octanol–water partition coefficient (Wildman–Crippen LogP) is 1.40. The molecule has 3 heterocycles. The lowest BCUT2D eigenvalue weighted by atomic mass is 10.2. The van der Waals surface area contributed by atoms with Gasteiger partial charge < -0.3 is 10.3 Å². The average molecular weight is 252 g/mol. The number of rotatable bonds is 2. The highest BCUT2D eigenvalue weighted by Crippen LogP contribution is 2.37. The fraction of sp³-hybridized carbons (Fsp3) is 0.556. The van der Waals surface area contributed by atoms with Gasteiger partial charge in [0.25, 0.3) is 5.89 Å². The molecule has 1 aliphatic heterocycles. The van der Waals surface area contributed by atoms with Gasteiger partial charge in [-0.05, 0) is 18.6 Å². The Labute approximate surface area is 102 Å². The molecule has 1 fully saturated rings. The van der Waals surface area contributed by atoms with E-state index >= 15 is 0 Å². The number of nitrogens with two attached hydrogens (primary N) is 1. The summed E-state index contributed by atoms with van der Waals surface area (Å²) in [7, 11) is 0. The molecule has 2 aromatic heterocycles. The van der Waals surface area contributed by atoms with Crippen LogP contribution in [0.4, 0.5) is 5.95 Å². The van der Waals surface area contributed by atoms with E-state index in [2.05, 4.69) is 25.3 Å². The van der Waals surface area contributed by atoms with Gasteiger partial charge in [-0.1, -0.05) is 11.6 Å². The molecule has 0 aromatic carbocycles. The van der Waals surface area contributed by atoms with Crippen LogP contribution >= 0.6 is 11.8 Å². The number of nitrogen functional groups attached to an aromatic ring is 1. The third-order valence-electron chi connectivity index (χ3n) is 2.61. The number of nitrogens with one attached hydrogen (secondary N) is 1. The average Bonchev–Trinajstić information content (AvgIpc) is 2.98. The van der Waals surface area contributed by atoms with E-state index in [0.29, 0.717) is 17.0 Å². The molecule has 0 spiro atoms. The van der Waals surface area contributed by atoms with Crippen LogP contribution in [-0.4, -0.2) is 31.1 Å². The fourth-order valence-corrected chi connectivity index (χ4v) is 3.01. The van der Waals surface area contributed by atoms with Gasteiger partial charge in [-0.15, -0.1) is 5.10 Å². The summed E-state index contributed by atoms with van der Waals surface area (Å²) in [5.41, 5.74) is 5.42. The lowest BCUT2D eigenvalue weighted by Gasteiger charge is -2.17. The van der Waals surface area contributed by atoms with Crippen molar-refractivity contribution in [2.24, 2.45) is 0 Å². The van der Waals surface area contributed by atoms with Gasteiger partial charge in [0, 0.05) is 0 Å². The Hall–Kier alpha value is -1.57. The minimum absolute atomic E-state index is 0.173. The van der Waals surface area contributed by atoms with Crippen LogP contribution in [0.15, 0.2) is 4.52 Å². The number of aromatic amines is 1. The monoisotopic (exact) mass is 252 g/mol. The van der Waals surface area contributed by atoms with E-state index in [0.717, 1.165) is 18.0 Å². The van der Waals surface area contributed by atoms with Crippen LogP contribution in [0, 0.1) is 0 Å². The zero-order valence-electron chi connectivity index (χ0n) is 9.09. The normalized spacial score (nSPS) is 20.6. The third kappa shape index (κ3) is 2.12. The zero-order valence-corrected chi connectivity index (χ0v) is 9.90. The summed E-state index contributed by atoms with van der Waals surface area (Å²) in [5, 5.41) is 10.7. The molecule has 8 heteroatoms. The summed E-state index contributed by atoms with van der Waals surface area (Å²) >= 11 is 1.87. The highest BCUT2D eigenvalue weighted by molar-refractivity contribution is 7.99. The van der Waals surface area contributed by atoms with Gasteiger partial charge in [0.1, 0.15) is 0 Å². The number of hydrogen-bond donors (Lipinski definition) is 2. The lowest BCUT2D eigenvalue weighted by Crippen LogP contribution is -2.03. The summed E-state index contributed by atoms with van der Waals surface area (Å²) in [4.78, 5) is 8.28. The van der Waals surface area contributed by atoms with Crippen molar-refractivity contribution < 1.29 is 4.52 Å². The molecule has 0 bridgehead atoms. The number of aromatic nitrogens is 5. The smallest absolute Gasteiger partial charge is 0.295 e. The Morgan fingerprint density at radius 1 is 1.35 bits per heavy atom. The van der Waals surface area contributed by atoms with Crippen molar-refractivity contribution in [1.29, 1.82) is 0 Å². The topological polar surface area (TPSA) is 107 Å². The SMILES string of the molecule is Nc1n[nH]c(-c2nc(C3CCCCS3)no2)n1. The first kappa shape index (κ1) is 10.6. The number of hydrogen-bond acceptors (Lipinski definition) is 7. The van der Waals surface area contributed by atoms with Crippen LogP contribution < -0.4 is 5.73 Å². The summed E-state index contributed by atoms with van der Waals surface area (Å²) in [6.45, 7) is 0. The second-order valence-electron chi connectivity index (χ2n) is 3.86. The van der Waals surface area contributed by atoms with Gasteiger partial charge in [-0.2, -0.15) is 21.7 Å². The summed E-state index contributed by atoms with van der Waals surface area (Å²) in [6.07, 6.45) is 3.59. The zero-order chi connectivity index (χ0) is 11.7. The molecule has 1 saturated heterocycles. The molecule has 1 atom stereocenters. The Bertz CT molecular complexity index is 503. The van der Waals surface area contributed by atoms with Crippen LogP contribution in [-0.2, 0) is 0 Å². The second-order valence-corrected chi connectivity index (χ2v) is 5.17. The maximum Gasteiger partial charge on any atom is 0.295 e. The van der Waals surface area contributed by atoms with Crippen molar-refractivity contribution >= 4 is 17.7 Å². The molecule has 1 unspecified atom stereocenters. The van der Waals surface area contributed by atoms with Crippen LogP contribution in [0.5, 0.6) is 0 Å². The number of nitrogens with zero attached hydrogens (tertiary/aromatic N) is 4. The van der Waals surface area contributed by atoms with Crippen LogP contribution in [0.1, 0.15) is 30.3 Å². The molecule has 0 aliphatic carbocycles. The first-order valence-electron chi connectivity index (χ1n) is 5.46. The van der Waals surface area contributed by atoms with E-state index < -0.39 is 0 Å². The maximum absolute atomic E-state index is 5.42. The van der Waals surface area contributed by atoms with E-state index in [1.54, 1.807) is 0 Å². The fourth-order valence-electron chi connectivity index (χ4n) is 1.78. The Morgan fingerprint density at radius 3 is 3.00 bits per heavy atom. The molecule has 17 heavy (non-hydrogen) atoms. The van der Waals surface area contributed by atoms with E-state index in [4.69, 9.17) is 10.3 Å². The molecule has 0 radical (unpaired) electrons. The van der Waals surface area contributed by atoms with Crippen molar-refractivity contribution in [2.45, 2.75) is 24.5 Å². The molecule has 90 valence electrons. The summed E-state index contributed by atoms with van der Waals surface area (Å²) in [6, 6.07) is 0. The Morgan fingerprint density at radius 2 is 2.29 bits per heavy atom. The van der Waals surface area contributed by atoms with E-state index in [1.165, 1.54) is 12.8 Å². The highest BCUT2D eigenvalue weighted by Gasteiger charge is 2.22. The van der Waals surface area contributed by atoms with Crippen molar-refractivity contribution in [3.05, 3.63) is 5.82 Å². The minimum Gasteiger partial charge on any atom is -0.366 e. The van der Waals surface area contributed by atoms with Crippen molar-refractivity contribution in [2.75, 3.05) is 11.5 Å². The molecule has 7 nitrogen and oxygen atoms in total. The number of H-pyrrole nitrogens is 1. The standard InChI is InChI=1S/C9H12N6OS/c10-9-12-7(13-14-9)8-11-6(15-16-8)5-3-1-2-4-17-5/h5H,1-4H2,(H3,10,12,13,14). The van der Waals surface area contributed by atoms with Gasteiger partial charge in [0.2, 0.25) is 11.8 Å². The van der Waals surface area contributed by atoms with Gasteiger partial charge in [0.05, 0.1) is 5.25 Å². The maximum atomic E-state index is 5.42. The number of anilines is 1. The first-order chi connectivity index (χ1) is 8.33. The molecular formula is C9H12N6OS. The molecule has 3 rings (SSSR count). The van der Waals surface area contributed by atoms with E-state index in [9.17, 15) is 0 Å². The second kappa shape index (κ2) is 4.36. The van der Waals surface area contributed by atoms with Crippen LogP contribution in [0.2, 0.25) is 0 Å². The third-order valence-corrected chi connectivity index (χ3v) is 3.99. The molecular weight excluding hydrogens is 240 g/mol. The Balaban J connectivity index is 1.82. The van der Waals surface area contributed by atoms with Crippen molar-refractivity contribution in [3.63, 3.8) is 0 Å². The van der Waals surface area contributed by atoms with Gasteiger partial charge in [-0.25, -0.2) is 0 Å². The molecule has 3 N–H and O–H groups in total. The minimum atomic E-state index is 0.173. The molecule has 2 aromatic rings. The summed E-state index contributed by atoms with van der Waals surface area (Å²) in [5.74, 6) is 2.83. The molecule has 0 amide bonds. The largest absolute Gasteiger partial charge is 0.366 e. The quantitative estimate of drug-likeness (QED) is 0.831. The van der Waals surface area contributed by atoms with Gasteiger partial charge in [0.15, 0.2) is 5.82 Å². The molecule has 0 saturated carbocycles. The van der Waals surface area contributed by atoms with Crippen molar-refractivity contribution in [1.82, 2.24) is 25.3 Å². The predicted molar refractivity (Wildman–Crippen MR) is 63.1 cm³/mol. The molecule has 1 aliphatic rings. The highest BCUT2D eigenvalue weighted by atomic mass is 32.2. The van der Waals surface area contributed by atoms with E-state index in [1.807, 2.05) is 11.8 Å². The van der Waals surface area contributed by atoms with Gasteiger partial charge in [-0.3, -0.25) is 5.10 Å². The lowest BCUT2D eigenvalue weighted by molar-refractivity contribution is 0.417. The van der Waals surface area contributed by atoms with E-state index in [-0.39, 0.29) is 5.95 Å².